The third-order valence-corrected chi connectivity index (χ3v) is 5.23. The summed E-state index contributed by atoms with van der Waals surface area (Å²) in [5.41, 5.74) is 2.45. The molecule has 0 spiro atoms. The molecule has 146 valence electrons. The molecular weight excluding hydrogens is 359 g/mol. The number of fused-ring (bicyclic) bond motifs is 1. The fourth-order valence-corrected chi connectivity index (χ4v) is 3.79. The summed E-state index contributed by atoms with van der Waals surface area (Å²) in [7, 11) is 0. The average Bonchev–Trinajstić information content (AvgIpc) is 3.09. The number of carbonyl (C=O) groups excluding carboxylic acids is 1. The fourth-order valence-electron chi connectivity index (χ4n) is 3.79. The summed E-state index contributed by atoms with van der Waals surface area (Å²) in [5.74, 6) is 0.514. The Morgan fingerprint density at radius 3 is 3.14 bits per heavy atom. The van der Waals surface area contributed by atoms with Crippen LogP contribution in [-0.4, -0.2) is 35.5 Å². The van der Waals surface area contributed by atoms with Gasteiger partial charge in [-0.05, 0) is 43.9 Å². The van der Waals surface area contributed by atoms with Gasteiger partial charge < -0.3 is 14.6 Å². The normalized spacial score (nSPS) is 17.1. The lowest BCUT2D eigenvalue weighted by molar-refractivity contribution is -0.125. The van der Waals surface area contributed by atoms with Gasteiger partial charge in [0.15, 0.2) is 0 Å². The number of furan rings is 1. The Balaban J connectivity index is 1.39. The summed E-state index contributed by atoms with van der Waals surface area (Å²) >= 11 is 0. The van der Waals surface area contributed by atoms with E-state index in [2.05, 4.69) is 20.2 Å². The van der Waals surface area contributed by atoms with Gasteiger partial charge in [0, 0.05) is 25.2 Å². The zero-order chi connectivity index (χ0) is 19.5. The van der Waals surface area contributed by atoms with Gasteiger partial charge >= 0.3 is 0 Å². The highest BCUT2D eigenvalue weighted by Gasteiger charge is 2.28. The van der Waals surface area contributed by atoms with Crippen molar-refractivity contribution in [1.82, 2.24) is 15.3 Å². The van der Waals surface area contributed by atoms with E-state index in [4.69, 9.17) is 4.42 Å². The number of hydrogen-bond acceptors (Lipinski definition) is 5. The molecule has 1 aliphatic heterocycles. The predicted octanol–water partition coefficient (Wildman–Crippen LogP) is 3.25. The van der Waals surface area contributed by atoms with Crippen LogP contribution in [0.3, 0.4) is 0 Å². The van der Waals surface area contributed by atoms with Gasteiger partial charge in [-0.2, -0.15) is 0 Å². The van der Waals surface area contributed by atoms with Gasteiger partial charge in [0.05, 0.1) is 17.6 Å². The highest BCUT2D eigenvalue weighted by atomic mass is 19.1. The molecular formula is C21H23FN4O2. The monoisotopic (exact) mass is 382 g/mol. The number of halogens is 1. The van der Waals surface area contributed by atoms with E-state index in [-0.39, 0.29) is 17.6 Å². The molecule has 1 unspecified atom stereocenters. The van der Waals surface area contributed by atoms with E-state index in [1.807, 2.05) is 13.0 Å². The van der Waals surface area contributed by atoms with Crippen molar-refractivity contribution in [2.75, 3.05) is 24.5 Å². The van der Waals surface area contributed by atoms with Crippen LogP contribution in [0, 0.1) is 18.7 Å². The van der Waals surface area contributed by atoms with E-state index in [1.54, 1.807) is 12.3 Å². The molecule has 0 saturated carbocycles. The number of anilines is 1. The Morgan fingerprint density at radius 2 is 2.29 bits per heavy atom. The van der Waals surface area contributed by atoms with Gasteiger partial charge in [-0.1, -0.05) is 12.1 Å². The van der Waals surface area contributed by atoms with Gasteiger partial charge in [0.2, 0.25) is 11.6 Å². The molecule has 7 heteroatoms. The van der Waals surface area contributed by atoms with Crippen LogP contribution < -0.4 is 10.2 Å². The van der Waals surface area contributed by atoms with E-state index < -0.39 is 0 Å². The quantitative estimate of drug-likeness (QED) is 0.733. The van der Waals surface area contributed by atoms with Crippen LogP contribution in [0.1, 0.15) is 24.0 Å². The number of benzene rings is 1. The van der Waals surface area contributed by atoms with Gasteiger partial charge in [-0.15, -0.1) is 0 Å². The van der Waals surface area contributed by atoms with Crippen LogP contribution >= 0.6 is 0 Å². The van der Waals surface area contributed by atoms with E-state index >= 15 is 0 Å². The van der Waals surface area contributed by atoms with Crippen molar-refractivity contribution in [3.63, 3.8) is 0 Å². The van der Waals surface area contributed by atoms with Crippen LogP contribution in [0.15, 0.2) is 41.3 Å². The van der Waals surface area contributed by atoms with Crippen molar-refractivity contribution < 1.29 is 13.6 Å². The predicted molar refractivity (Wildman–Crippen MR) is 105 cm³/mol. The Kier molecular flexibility index (Phi) is 5.23. The smallest absolute Gasteiger partial charge is 0.231 e. The van der Waals surface area contributed by atoms with E-state index in [9.17, 15) is 9.18 Å². The number of carbonyl (C=O) groups is 1. The van der Waals surface area contributed by atoms with Gasteiger partial charge in [-0.25, -0.2) is 14.4 Å². The topological polar surface area (TPSA) is 71.3 Å². The Bertz CT molecular complexity index is 987. The first-order valence-electron chi connectivity index (χ1n) is 9.57. The standard InChI is InChI=1S/C21H23FN4O2/c1-14-12-28-21-18(14)19(24-13-25-21)26-9-3-5-16(11-26)20(27)23-8-7-15-4-2-6-17(22)10-15/h2,4,6,10,12-13,16H,3,5,7-9,11H2,1H3,(H,23,27). The fraction of sp³-hybridized carbons (Fsp3) is 0.381. The third-order valence-electron chi connectivity index (χ3n) is 5.23. The SMILES string of the molecule is Cc1coc2ncnc(N3CCCC(C(=O)NCCc4cccc(F)c4)C3)c12. The van der Waals surface area contributed by atoms with Crippen LogP contribution in [0.4, 0.5) is 10.2 Å². The minimum absolute atomic E-state index is 0.0373. The maximum absolute atomic E-state index is 13.3. The average molecular weight is 382 g/mol. The molecule has 28 heavy (non-hydrogen) atoms. The van der Waals surface area contributed by atoms with E-state index in [0.29, 0.717) is 25.2 Å². The first-order valence-corrected chi connectivity index (χ1v) is 9.57. The molecule has 0 bridgehead atoms. The van der Waals surface area contributed by atoms with Crippen molar-refractivity contribution in [3.8, 4) is 0 Å². The van der Waals surface area contributed by atoms with Gasteiger partial charge in [0.25, 0.3) is 0 Å². The Labute approximate surface area is 162 Å². The van der Waals surface area contributed by atoms with E-state index in [0.717, 1.165) is 41.7 Å². The molecule has 2 aromatic heterocycles. The third kappa shape index (κ3) is 3.83. The number of nitrogens with one attached hydrogen (secondary N) is 1. The molecule has 1 atom stereocenters. The maximum atomic E-state index is 13.3. The Morgan fingerprint density at radius 1 is 1.39 bits per heavy atom. The largest absolute Gasteiger partial charge is 0.446 e. The van der Waals surface area contributed by atoms with Crippen LogP contribution in [0.5, 0.6) is 0 Å². The second-order valence-electron chi connectivity index (χ2n) is 7.25. The molecule has 3 heterocycles. The number of nitrogens with zero attached hydrogens (tertiary/aromatic N) is 3. The first kappa shape index (κ1) is 18.4. The zero-order valence-electron chi connectivity index (χ0n) is 15.8. The lowest BCUT2D eigenvalue weighted by atomic mass is 9.96. The molecule has 1 aromatic carbocycles. The van der Waals surface area contributed by atoms with Crippen molar-refractivity contribution in [1.29, 1.82) is 0 Å². The summed E-state index contributed by atoms with van der Waals surface area (Å²) in [6, 6.07) is 6.48. The van der Waals surface area contributed by atoms with Gasteiger partial charge in [-0.3, -0.25) is 4.79 Å². The van der Waals surface area contributed by atoms with Crippen molar-refractivity contribution in [2.45, 2.75) is 26.2 Å². The minimum atomic E-state index is -0.252. The van der Waals surface area contributed by atoms with E-state index in [1.165, 1.54) is 18.5 Å². The number of aryl methyl sites for hydroxylation is 1. The maximum Gasteiger partial charge on any atom is 0.231 e. The molecule has 1 N–H and O–H groups in total. The summed E-state index contributed by atoms with van der Waals surface area (Å²) in [6.45, 7) is 3.93. The molecule has 1 amide bonds. The van der Waals surface area contributed by atoms with Crippen molar-refractivity contribution in [3.05, 3.63) is 53.8 Å². The number of hydrogen-bond donors (Lipinski definition) is 1. The molecule has 6 nitrogen and oxygen atoms in total. The lowest BCUT2D eigenvalue weighted by Crippen LogP contribution is -2.43. The molecule has 4 rings (SSSR count). The number of aromatic nitrogens is 2. The molecule has 1 fully saturated rings. The lowest BCUT2D eigenvalue weighted by Gasteiger charge is -2.33. The molecule has 0 aliphatic carbocycles. The number of piperidine rings is 1. The second kappa shape index (κ2) is 7.96. The zero-order valence-corrected chi connectivity index (χ0v) is 15.8. The van der Waals surface area contributed by atoms with Gasteiger partial charge in [0.1, 0.15) is 18.0 Å². The summed E-state index contributed by atoms with van der Waals surface area (Å²) in [4.78, 5) is 23.4. The Hall–Kier alpha value is -2.96. The van der Waals surface area contributed by atoms with Crippen LogP contribution in [0.2, 0.25) is 0 Å². The summed E-state index contributed by atoms with van der Waals surface area (Å²) in [6.07, 6.45) is 5.57. The molecule has 1 saturated heterocycles. The van der Waals surface area contributed by atoms with Crippen LogP contribution in [0.25, 0.3) is 11.1 Å². The molecule has 1 aliphatic rings. The van der Waals surface area contributed by atoms with Crippen molar-refractivity contribution in [2.24, 2.45) is 5.92 Å². The molecule has 3 aromatic rings. The van der Waals surface area contributed by atoms with Crippen molar-refractivity contribution >= 4 is 22.8 Å². The molecule has 0 radical (unpaired) electrons. The highest BCUT2D eigenvalue weighted by Crippen LogP contribution is 2.30. The van der Waals surface area contributed by atoms with Crippen LogP contribution in [-0.2, 0) is 11.2 Å². The number of amides is 1. The first-order chi connectivity index (χ1) is 13.6. The second-order valence-corrected chi connectivity index (χ2v) is 7.25. The summed E-state index contributed by atoms with van der Waals surface area (Å²) in [5, 5.41) is 3.91. The minimum Gasteiger partial charge on any atom is -0.446 e. The summed E-state index contributed by atoms with van der Waals surface area (Å²) < 4.78 is 18.7. The number of rotatable bonds is 5. The highest BCUT2D eigenvalue weighted by molar-refractivity contribution is 5.89.